The van der Waals surface area contributed by atoms with Crippen LogP contribution in [0.25, 0.3) is 0 Å². The van der Waals surface area contributed by atoms with E-state index >= 15 is 0 Å². The number of benzene rings is 2. The quantitative estimate of drug-likeness (QED) is 0.520. The Hall–Kier alpha value is -3.06. The Morgan fingerprint density at radius 3 is 2.42 bits per heavy atom. The number of carbonyl (C=O) groups excluding carboxylic acids is 1. The molecule has 3 N–H and O–H groups in total. The summed E-state index contributed by atoms with van der Waals surface area (Å²) in [5, 5.41) is 3.83. The van der Waals surface area contributed by atoms with Crippen LogP contribution >= 0.6 is 11.8 Å². The summed E-state index contributed by atoms with van der Waals surface area (Å²) in [5.41, 5.74) is 9.13. The average Bonchev–Trinajstić information content (AvgIpc) is 2.66. The molecular formula is C19H18N4O2S. The molecule has 2 aromatic carbocycles. The molecular weight excluding hydrogens is 348 g/mol. The van der Waals surface area contributed by atoms with Gasteiger partial charge in [0.25, 0.3) is 0 Å². The van der Waals surface area contributed by atoms with Crippen molar-refractivity contribution in [1.29, 1.82) is 0 Å². The van der Waals surface area contributed by atoms with Crippen molar-refractivity contribution in [2.75, 3.05) is 18.2 Å². The number of hydrogen-bond acceptors (Lipinski definition) is 7. The van der Waals surface area contributed by atoms with Crippen LogP contribution in [-0.2, 0) is 4.74 Å². The number of hydrogen-bond donors (Lipinski definition) is 2. The lowest BCUT2D eigenvalue weighted by Crippen LogP contribution is -2.03. The van der Waals surface area contributed by atoms with E-state index in [-0.39, 0.29) is 5.97 Å². The molecule has 26 heavy (non-hydrogen) atoms. The molecule has 6 nitrogen and oxygen atoms in total. The Morgan fingerprint density at radius 2 is 1.77 bits per heavy atom. The van der Waals surface area contributed by atoms with Gasteiger partial charge in [0.2, 0.25) is 0 Å². The third kappa shape index (κ3) is 4.12. The van der Waals surface area contributed by atoms with Crippen LogP contribution in [0.1, 0.15) is 15.9 Å². The van der Waals surface area contributed by atoms with Crippen molar-refractivity contribution in [3.8, 4) is 0 Å². The van der Waals surface area contributed by atoms with Crippen molar-refractivity contribution < 1.29 is 9.53 Å². The van der Waals surface area contributed by atoms with Crippen molar-refractivity contribution in [2.24, 2.45) is 0 Å². The normalized spacial score (nSPS) is 10.4. The van der Waals surface area contributed by atoms with Gasteiger partial charge in [0.1, 0.15) is 17.0 Å². The minimum atomic E-state index is -0.380. The van der Waals surface area contributed by atoms with Gasteiger partial charge in [0, 0.05) is 10.6 Å². The lowest BCUT2D eigenvalue weighted by atomic mass is 10.2. The van der Waals surface area contributed by atoms with Crippen LogP contribution in [0.5, 0.6) is 0 Å². The van der Waals surface area contributed by atoms with Gasteiger partial charge in [0.05, 0.1) is 12.7 Å². The van der Waals surface area contributed by atoms with Crippen molar-refractivity contribution in [3.63, 3.8) is 0 Å². The van der Waals surface area contributed by atoms with E-state index in [4.69, 9.17) is 10.5 Å². The summed E-state index contributed by atoms with van der Waals surface area (Å²) in [5.74, 6) is 0.135. The molecule has 3 rings (SSSR count). The summed E-state index contributed by atoms with van der Waals surface area (Å²) in [6.07, 6.45) is 1.47. The van der Waals surface area contributed by atoms with Gasteiger partial charge in [-0.2, -0.15) is 0 Å². The predicted octanol–water partition coefficient (Wildman–Crippen LogP) is 4.05. The minimum absolute atomic E-state index is 0.380. The van der Waals surface area contributed by atoms with E-state index in [0.29, 0.717) is 22.1 Å². The van der Waals surface area contributed by atoms with E-state index in [1.807, 2.05) is 31.2 Å². The first-order chi connectivity index (χ1) is 12.6. The highest BCUT2D eigenvalue weighted by Gasteiger charge is 2.11. The second-order valence-electron chi connectivity index (χ2n) is 5.55. The maximum atomic E-state index is 11.5. The molecule has 1 heterocycles. The maximum absolute atomic E-state index is 11.5. The van der Waals surface area contributed by atoms with Gasteiger partial charge < -0.3 is 15.8 Å². The summed E-state index contributed by atoms with van der Waals surface area (Å²) in [4.78, 5) is 21.0. The Kier molecular flexibility index (Phi) is 5.38. The maximum Gasteiger partial charge on any atom is 0.337 e. The van der Waals surface area contributed by atoms with Gasteiger partial charge in [-0.1, -0.05) is 29.5 Å². The minimum Gasteiger partial charge on any atom is -0.465 e. The standard InChI is InChI=1S/C19H18N4O2S/c1-12-3-9-15(10-4-12)26-18-16(20)17(21-11-22-18)23-14-7-5-13(6-8-14)19(24)25-2/h3-11H,20H2,1-2H3,(H,21,22,23). The van der Waals surface area contributed by atoms with Crippen LogP contribution in [0.4, 0.5) is 17.2 Å². The van der Waals surface area contributed by atoms with Crippen LogP contribution in [0, 0.1) is 6.92 Å². The highest BCUT2D eigenvalue weighted by atomic mass is 32.2. The predicted molar refractivity (Wildman–Crippen MR) is 103 cm³/mol. The van der Waals surface area contributed by atoms with Crippen LogP contribution in [-0.4, -0.2) is 23.0 Å². The lowest BCUT2D eigenvalue weighted by Gasteiger charge is -2.11. The van der Waals surface area contributed by atoms with Gasteiger partial charge >= 0.3 is 5.97 Å². The molecule has 0 aliphatic heterocycles. The van der Waals surface area contributed by atoms with E-state index in [9.17, 15) is 4.79 Å². The first kappa shape index (κ1) is 17.8. The third-order valence-electron chi connectivity index (χ3n) is 3.65. The third-order valence-corrected chi connectivity index (χ3v) is 4.68. The number of carbonyl (C=O) groups is 1. The van der Waals surface area contributed by atoms with E-state index in [2.05, 4.69) is 15.3 Å². The molecule has 7 heteroatoms. The number of methoxy groups -OCH3 is 1. The van der Waals surface area contributed by atoms with Crippen molar-refractivity contribution in [3.05, 3.63) is 66.0 Å². The van der Waals surface area contributed by atoms with E-state index < -0.39 is 0 Å². The number of nitrogens with two attached hydrogens (primary N) is 1. The molecule has 0 saturated heterocycles. The van der Waals surface area contributed by atoms with Crippen LogP contribution in [0.3, 0.4) is 0 Å². The number of anilines is 3. The molecule has 0 atom stereocenters. The summed E-state index contributed by atoms with van der Waals surface area (Å²) in [6, 6.07) is 15.0. The molecule has 132 valence electrons. The van der Waals surface area contributed by atoms with E-state index in [0.717, 1.165) is 10.6 Å². The largest absolute Gasteiger partial charge is 0.465 e. The number of nitrogens with zero attached hydrogens (tertiary/aromatic N) is 2. The summed E-state index contributed by atoms with van der Waals surface area (Å²) < 4.78 is 4.69. The van der Waals surface area contributed by atoms with Crippen LogP contribution in [0.2, 0.25) is 0 Å². The number of nitrogen functional groups attached to an aromatic ring is 1. The van der Waals surface area contributed by atoms with Crippen LogP contribution in [0.15, 0.2) is 64.8 Å². The smallest absolute Gasteiger partial charge is 0.337 e. The Bertz CT molecular complexity index is 912. The molecule has 0 amide bonds. The van der Waals surface area contributed by atoms with Gasteiger partial charge in [-0.25, -0.2) is 14.8 Å². The fourth-order valence-corrected chi connectivity index (χ4v) is 3.02. The first-order valence-electron chi connectivity index (χ1n) is 7.87. The topological polar surface area (TPSA) is 90.1 Å². The molecule has 0 saturated carbocycles. The zero-order valence-electron chi connectivity index (χ0n) is 14.4. The van der Waals surface area contributed by atoms with Crippen molar-refractivity contribution >= 4 is 34.9 Å². The van der Waals surface area contributed by atoms with E-state index in [1.165, 1.54) is 30.8 Å². The second kappa shape index (κ2) is 7.88. The Balaban J connectivity index is 1.78. The van der Waals surface area contributed by atoms with Crippen LogP contribution < -0.4 is 11.1 Å². The molecule has 0 radical (unpaired) electrons. The number of esters is 1. The molecule has 0 aliphatic rings. The van der Waals surface area contributed by atoms with E-state index in [1.54, 1.807) is 24.3 Å². The molecule has 1 aromatic heterocycles. The SMILES string of the molecule is COC(=O)c1ccc(Nc2ncnc(Sc3ccc(C)cc3)c2N)cc1. The average molecular weight is 366 g/mol. The number of ether oxygens (including phenoxy) is 1. The summed E-state index contributed by atoms with van der Waals surface area (Å²) in [6.45, 7) is 2.04. The highest BCUT2D eigenvalue weighted by molar-refractivity contribution is 7.99. The van der Waals surface area contributed by atoms with Crippen molar-refractivity contribution in [1.82, 2.24) is 9.97 Å². The molecule has 0 bridgehead atoms. The van der Waals surface area contributed by atoms with Gasteiger partial charge in [-0.15, -0.1) is 0 Å². The number of nitrogens with one attached hydrogen (secondary N) is 1. The molecule has 3 aromatic rings. The summed E-state index contributed by atoms with van der Waals surface area (Å²) >= 11 is 1.48. The fourth-order valence-electron chi connectivity index (χ4n) is 2.22. The van der Waals surface area contributed by atoms with Crippen molar-refractivity contribution in [2.45, 2.75) is 16.8 Å². The second-order valence-corrected chi connectivity index (χ2v) is 6.61. The van der Waals surface area contributed by atoms with Gasteiger partial charge in [-0.3, -0.25) is 0 Å². The first-order valence-corrected chi connectivity index (χ1v) is 8.69. The number of aryl methyl sites for hydroxylation is 1. The zero-order valence-corrected chi connectivity index (χ0v) is 15.2. The summed E-state index contributed by atoms with van der Waals surface area (Å²) in [7, 11) is 1.35. The molecule has 0 aliphatic carbocycles. The van der Waals surface area contributed by atoms with Gasteiger partial charge in [-0.05, 0) is 43.3 Å². The Morgan fingerprint density at radius 1 is 1.08 bits per heavy atom. The number of aromatic nitrogens is 2. The molecule has 0 unspecified atom stereocenters. The zero-order chi connectivity index (χ0) is 18.5. The Labute approximate surface area is 155 Å². The monoisotopic (exact) mass is 366 g/mol. The molecule has 0 spiro atoms. The van der Waals surface area contributed by atoms with Gasteiger partial charge in [0.15, 0.2) is 5.82 Å². The highest BCUT2D eigenvalue weighted by Crippen LogP contribution is 2.34. The fraction of sp³-hybridized carbons (Fsp3) is 0.105. The lowest BCUT2D eigenvalue weighted by molar-refractivity contribution is 0.0601. The molecule has 0 fully saturated rings. The number of rotatable bonds is 5.